The smallest absolute Gasteiger partial charge is 0.282 e. The Bertz CT molecular complexity index is 975. The molecule has 3 rings (SSSR count). The molecule has 0 fully saturated rings. The Morgan fingerprint density at radius 3 is 2.71 bits per heavy atom. The summed E-state index contributed by atoms with van der Waals surface area (Å²) in [4.78, 5) is 12.3. The zero-order valence-electron chi connectivity index (χ0n) is 13.5. The van der Waals surface area contributed by atoms with Gasteiger partial charge in [0.05, 0.1) is 0 Å². The van der Waals surface area contributed by atoms with E-state index in [0.717, 1.165) is 0 Å². The van der Waals surface area contributed by atoms with E-state index in [1.807, 2.05) is 6.92 Å². The van der Waals surface area contributed by atoms with Crippen LogP contribution in [0.5, 0.6) is 0 Å². The number of hydrogen-bond acceptors (Lipinski definition) is 6. The SMILES string of the molecule is CCn1cc(S(=O)(=O)Nc2cc(-c3n[nH]c(C)n3)ccn2)nc1C. The predicted molar refractivity (Wildman–Crippen MR) is 87.8 cm³/mol. The van der Waals surface area contributed by atoms with Gasteiger partial charge in [0, 0.05) is 24.5 Å². The van der Waals surface area contributed by atoms with Gasteiger partial charge in [-0.2, -0.15) is 13.5 Å². The third-order valence-electron chi connectivity index (χ3n) is 3.42. The van der Waals surface area contributed by atoms with Gasteiger partial charge in [-0.25, -0.2) is 15.0 Å². The molecule has 126 valence electrons. The Kier molecular flexibility index (Phi) is 4.06. The van der Waals surface area contributed by atoms with Crippen LogP contribution in [-0.2, 0) is 16.6 Å². The molecule has 9 nitrogen and oxygen atoms in total. The number of pyridine rings is 1. The molecule has 0 bridgehead atoms. The van der Waals surface area contributed by atoms with Crippen LogP contribution >= 0.6 is 0 Å². The minimum absolute atomic E-state index is 0.0391. The second-order valence-corrected chi connectivity index (χ2v) is 6.82. The first kappa shape index (κ1) is 16.1. The first-order valence-corrected chi connectivity index (χ1v) is 8.79. The third-order valence-corrected chi connectivity index (χ3v) is 4.65. The summed E-state index contributed by atoms with van der Waals surface area (Å²) in [5, 5.41) is 6.76. The lowest BCUT2D eigenvalue weighted by molar-refractivity contribution is 0.597. The number of aryl methyl sites for hydroxylation is 3. The first-order valence-electron chi connectivity index (χ1n) is 7.31. The third kappa shape index (κ3) is 3.13. The van der Waals surface area contributed by atoms with E-state index in [1.165, 1.54) is 12.4 Å². The molecule has 3 heterocycles. The molecule has 0 aliphatic heterocycles. The lowest BCUT2D eigenvalue weighted by atomic mass is 10.2. The van der Waals surface area contributed by atoms with Crippen molar-refractivity contribution in [2.75, 3.05) is 4.72 Å². The number of hydrogen-bond donors (Lipinski definition) is 2. The van der Waals surface area contributed by atoms with Gasteiger partial charge in [-0.1, -0.05) is 0 Å². The van der Waals surface area contributed by atoms with Crippen molar-refractivity contribution in [3.05, 3.63) is 36.2 Å². The zero-order valence-corrected chi connectivity index (χ0v) is 14.3. The molecule has 0 spiro atoms. The summed E-state index contributed by atoms with van der Waals surface area (Å²) < 4.78 is 29.1. The van der Waals surface area contributed by atoms with Crippen molar-refractivity contribution < 1.29 is 8.42 Å². The van der Waals surface area contributed by atoms with E-state index in [0.29, 0.717) is 29.6 Å². The Hall–Kier alpha value is -2.75. The number of sulfonamides is 1. The summed E-state index contributed by atoms with van der Waals surface area (Å²) in [5.41, 5.74) is 0.655. The van der Waals surface area contributed by atoms with Crippen molar-refractivity contribution in [2.45, 2.75) is 32.3 Å². The normalized spacial score (nSPS) is 11.6. The quantitative estimate of drug-likeness (QED) is 0.722. The van der Waals surface area contributed by atoms with Gasteiger partial charge in [0.15, 0.2) is 10.9 Å². The van der Waals surface area contributed by atoms with Crippen LogP contribution in [0.25, 0.3) is 11.4 Å². The molecular formula is C14H17N7O2S. The van der Waals surface area contributed by atoms with E-state index >= 15 is 0 Å². The Balaban J connectivity index is 1.90. The summed E-state index contributed by atoms with van der Waals surface area (Å²) in [6, 6.07) is 3.28. The van der Waals surface area contributed by atoms with Gasteiger partial charge >= 0.3 is 0 Å². The van der Waals surface area contributed by atoms with Crippen molar-refractivity contribution in [2.24, 2.45) is 0 Å². The van der Waals surface area contributed by atoms with E-state index in [4.69, 9.17) is 0 Å². The van der Waals surface area contributed by atoms with Crippen molar-refractivity contribution >= 4 is 15.8 Å². The van der Waals surface area contributed by atoms with Crippen LogP contribution in [0.1, 0.15) is 18.6 Å². The fourth-order valence-corrected chi connectivity index (χ4v) is 3.23. The fourth-order valence-electron chi connectivity index (χ4n) is 2.22. The standard InChI is InChI=1S/C14H17N7O2S/c1-4-21-8-13(17-10(21)3)24(22,23)20-12-7-11(5-6-15-12)14-16-9(2)18-19-14/h5-8H,4H2,1-3H3,(H,15,20)(H,16,18,19). The van der Waals surface area contributed by atoms with Crippen LogP contribution in [0, 0.1) is 13.8 Å². The highest BCUT2D eigenvalue weighted by Gasteiger charge is 2.20. The number of imidazole rings is 1. The monoisotopic (exact) mass is 347 g/mol. The van der Waals surface area contributed by atoms with E-state index in [1.54, 1.807) is 30.5 Å². The predicted octanol–water partition coefficient (Wildman–Crippen LogP) is 1.50. The number of nitrogens with one attached hydrogen (secondary N) is 2. The van der Waals surface area contributed by atoms with Gasteiger partial charge in [-0.3, -0.25) is 9.82 Å². The molecule has 0 saturated heterocycles. The lowest BCUT2D eigenvalue weighted by Crippen LogP contribution is -2.14. The average molecular weight is 347 g/mol. The summed E-state index contributed by atoms with van der Waals surface area (Å²) in [6.45, 7) is 6.11. The number of anilines is 1. The summed E-state index contributed by atoms with van der Waals surface area (Å²) in [5.74, 6) is 1.96. The largest absolute Gasteiger partial charge is 0.334 e. The van der Waals surface area contributed by atoms with E-state index < -0.39 is 10.0 Å². The molecular weight excluding hydrogens is 330 g/mol. The molecule has 0 unspecified atom stereocenters. The van der Waals surface area contributed by atoms with E-state index in [9.17, 15) is 8.42 Å². The minimum atomic E-state index is -3.81. The Morgan fingerprint density at radius 2 is 2.08 bits per heavy atom. The molecule has 3 aromatic rings. The van der Waals surface area contributed by atoms with Crippen molar-refractivity contribution in [3.63, 3.8) is 0 Å². The molecule has 0 radical (unpaired) electrons. The minimum Gasteiger partial charge on any atom is -0.334 e. The number of H-pyrrole nitrogens is 1. The number of aromatic nitrogens is 6. The number of aromatic amines is 1. The molecule has 0 atom stereocenters. The molecule has 2 N–H and O–H groups in total. The van der Waals surface area contributed by atoms with Crippen molar-refractivity contribution in [1.82, 2.24) is 29.7 Å². The molecule has 10 heteroatoms. The molecule has 0 aliphatic rings. The van der Waals surface area contributed by atoms with Gasteiger partial charge in [0.1, 0.15) is 17.5 Å². The van der Waals surface area contributed by atoms with E-state index in [-0.39, 0.29) is 10.8 Å². The van der Waals surface area contributed by atoms with Crippen LogP contribution < -0.4 is 4.72 Å². The highest BCUT2D eigenvalue weighted by atomic mass is 32.2. The van der Waals surface area contributed by atoms with Gasteiger partial charge in [-0.15, -0.1) is 0 Å². The van der Waals surface area contributed by atoms with Crippen molar-refractivity contribution in [1.29, 1.82) is 0 Å². The average Bonchev–Trinajstić information content (AvgIpc) is 3.13. The number of rotatable bonds is 5. The first-order chi connectivity index (χ1) is 11.4. The van der Waals surface area contributed by atoms with Crippen LogP contribution in [-0.4, -0.2) is 38.1 Å². The van der Waals surface area contributed by atoms with Crippen LogP contribution in [0.3, 0.4) is 0 Å². The fraction of sp³-hybridized carbons (Fsp3) is 0.286. The van der Waals surface area contributed by atoms with Gasteiger partial charge in [0.2, 0.25) is 0 Å². The second-order valence-electron chi connectivity index (χ2n) is 5.19. The lowest BCUT2D eigenvalue weighted by Gasteiger charge is -2.05. The molecule has 24 heavy (non-hydrogen) atoms. The highest BCUT2D eigenvalue weighted by Crippen LogP contribution is 2.19. The Morgan fingerprint density at radius 1 is 1.29 bits per heavy atom. The topological polar surface area (TPSA) is 118 Å². The summed E-state index contributed by atoms with van der Waals surface area (Å²) >= 11 is 0. The van der Waals surface area contributed by atoms with Crippen LogP contribution in [0.4, 0.5) is 5.82 Å². The number of nitrogens with zero attached hydrogens (tertiary/aromatic N) is 5. The second kappa shape index (κ2) is 6.04. The van der Waals surface area contributed by atoms with Gasteiger partial charge in [0.25, 0.3) is 10.0 Å². The van der Waals surface area contributed by atoms with Gasteiger partial charge in [-0.05, 0) is 32.9 Å². The zero-order chi connectivity index (χ0) is 17.3. The highest BCUT2D eigenvalue weighted by molar-refractivity contribution is 7.92. The van der Waals surface area contributed by atoms with Crippen LogP contribution in [0.2, 0.25) is 0 Å². The molecule has 0 amide bonds. The molecule has 0 aliphatic carbocycles. The molecule has 0 aromatic carbocycles. The molecule has 3 aromatic heterocycles. The maximum absolute atomic E-state index is 12.5. The van der Waals surface area contributed by atoms with Crippen molar-refractivity contribution in [3.8, 4) is 11.4 Å². The Labute approximate surface area is 139 Å². The summed E-state index contributed by atoms with van der Waals surface area (Å²) in [7, 11) is -3.81. The summed E-state index contributed by atoms with van der Waals surface area (Å²) in [6.07, 6.45) is 2.99. The van der Waals surface area contributed by atoms with E-state index in [2.05, 4.69) is 29.9 Å². The maximum atomic E-state index is 12.5. The maximum Gasteiger partial charge on any atom is 0.282 e. The molecule has 0 saturated carbocycles. The van der Waals surface area contributed by atoms with Gasteiger partial charge < -0.3 is 4.57 Å². The van der Waals surface area contributed by atoms with Crippen LogP contribution in [0.15, 0.2) is 29.6 Å².